The minimum absolute atomic E-state index is 0.293. The summed E-state index contributed by atoms with van der Waals surface area (Å²) in [4.78, 5) is 17.1. The summed E-state index contributed by atoms with van der Waals surface area (Å²) in [5.74, 6) is -0.269. The van der Waals surface area contributed by atoms with Gasteiger partial charge in [-0.2, -0.15) is 0 Å². The number of amides is 1. The predicted octanol–water partition coefficient (Wildman–Crippen LogP) is 7.37. The Kier molecular flexibility index (Phi) is 7.20. The van der Waals surface area contributed by atoms with Gasteiger partial charge in [0.1, 0.15) is 12.4 Å². The Bertz CT molecular complexity index is 1210. The number of amidine groups is 1. The third-order valence-electron chi connectivity index (χ3n) is 4.32. The summed E-state index contributed by atoms with van der Waals surface area (Å²) >= 11 is 17.3. The molecule has 4 nitrogen and oxygen atoms in total. The Hall–Kier alpha value is -2.32. The zero-order valence-corrected chi connectivity index (χ0v) is 20.2. The van der Waals surface area contributed by atoms with Gasteiger partial charge in [-0.25, -0.2) is 9.38 Å². The summed E-state index contributed by atoms with van der Waals surface area (Å²) in [6.07, 6.45) is 1.67. The first-order chi connectivity index (χ1) is 15.4. The molecule has 3 aromatic carbocycles. The number of halogens is 4. The first-order valence-electron chi connectivity index (χ1n) is 9.29. The lowest BCUT2D eigenvalue weighted by molar-refractivity contribution is -0.115. The minimum atomic E-state index is -0.351. The van der Waals surface area contributed by atoms with Gasteiger partial charge in [0.25, 0.3) is 5.91 Å². The number of aliphatic imine (C=N–C) groups is 1. The molecule has 1 N–H and O–H groups in total. The molecule has 0 radical (unpaired) electrons. The lowest BCUT2D eigenvalue weighted by Gasteiger charge is -2.11. The maximum Gasteiger partial charge on any atom is 0.264 e. The second-order valence-electron chi connectivity index (χ2n) is 6.69. The fourth-order valence-electron chi connectivity index (χ4n) is 2.80. The molecular weight excluding hydrogens is 538 g/mol. The number of rotatable bonds is 5. The van der Waals surface area contributed by atoms with Gasteiger partial charge in [-0.1, -0.05) is 51.3 Å². The van der Waals surface area contributed by atoms with Gasteiger partial charge in [-0.3, -0.25) is 4.79 Å². The van der Waals surface area contributed by atoms with Crippen LogP contribution < -0.4 is 10.1 Å². The number of hydrogen-bond acceptors (Lipinski definition) is 4. The molecule has 0 aliphatic carbocycles. The number of nitrogens with one attached hydrogen (secondary N) is 1. The van der Waals surface area contributed by atoms with Crippen LogP contribution in [0.2, 0.25) is 10.0 Å². The van der Waals surface area contributed by atoms with Crippen LogP contribution in [-0.4, -0.2) is 11.1 Å². The minimum Gasteiger partial charge on any atom is -0.486 e. The number of hydrogen-bond donors (Lipinski definition) is 1. The van der Waals surface area contributed by atoms with Crippen molar-refractivity contribution in [3.05, 3.63) is 97.0 Å². The van der Waals surface area contributed by atoms with Crippen LogP contribution in [0.1, 0.15) is 11.1 Å². The molecule has 162 valence electrons. The van der Waals surface area contributed by atoms with Crippen LogP contribution in [0, 0.1) is 5.82 Å². The molecule has 1 heterocycles. The van der Waals surface area contributed by atoms with Crippen LogP contribution >= 0.6 is 50.9 Å². The highest BCUT2D eigenvalue weighted by Crippen LogP contribution is 2.37. The molecule has 1 aliphatic heterocycles. The summed E-state index contributed by atoms with van der Waals surface area (Å²) in [6.45, 7) is 0.314. The zero-order chi connectivity index (χ0) is 22.7. The number of thioether (sulfide) groups is 1. The molecule has 0 aromatic heterocycles. The van der Waals surface area contributed by atoms with Crippen LogP contribution in [0.15, 0.2) is 75.0 Å². The highest BCUT2D eigenvalue weighted by Gasteiger charge is 2.24. The van der Waals surface area contributed by atoms with Gasteiger partial charge in [0.15, 0.2) is 10.9 Å². The average molecular weight is 552 g/mol. The molecule has 3 aromatic rings. The molecule has 1 aliphatic rings. The van der Waals surface area contributed by atoms with Crippen LogP contribution in [0.25, 0.3) is 6.08 Å². The number of benzene rings is 3. The standard InChI is InChI=1S/C23H14BrCl2FN2O2S/c24-15-3-1-13(2-4-15)12-31-21-18(25)9-14(10-19(21)26)11-20-22(30)29-23(32-20)28-17-7-5-16(27)6-8-17/h1-11H,12H2,(H,28,29,30)/b20-11+. The maximum atomic E-state index is 13.0. The fraction of sp³-hybridized carbons (Fsp3) is 0.0435. The number of carbonyl (C=O) groups is 1. The molecule has 0 spiro atoms. The van der Waals surface area contributed by atoms with E-state index < -0.39 is 0 Å². The Morgan fingerprint density at radius 2 is 1.72 bits per heavy atom. The lowest BCUT2D eigenvalue weighted by atomic mass is 10.2. The monoisotopic (exact) mass is 550 g/mol. The van der Waals surface area contributed by atoms with Crippen molar-refractivity contribution in [2.75, 3.05) is 0 Å². The number of carbonyl (C=O) groups excluding carboxylic acids is 1. The maximum absolute atomic E-state index is 13.0. The molecule has 4 rings (SSSR count). The van der Waals surface area contributed by atoms with Crippen LogP contribution in [0.3, 0.4) is 0 Å². The first-order valence-corrected chi connectivity index (χ1v) is 11.7. The molecule has 1 amide bonds. The molecule has 1 saturated heterocycles. The van der Waals surface area contributed by atoms with E-state index in [1.54, 1.807) is 18.2 Å². The Balaban J connectivity index is 1.49. The van der Waals surface area contributed by atoms with E-state index in [9.17, 15) is 9.18 Å². The average Bonchev–Trinajstić information content (AvgIpc) is 3.09. The number of nitrogens with zero attached hydrogens (tertiary/aromatic N) is 1. The van der Waals surface area contributed by atoms with Gasteiger partial charge in [0.2, 0.25) is 0 Å². The topological polar surface area (TPSA) is 50.7 Å². The van der Waals surface area contributed by atoms with Crippen molar-refractivity contribution in [2.24, 2.45) is 4.99 Å². The van der Waals surface area contributed by atoms with E-state index >= 15 is 0 Å². The summed E-state index contributed by atoms with van der Waals surface area (Å²) in [5, 5.41) is 3.77. The summed E-state index contributed by atoms with van der Waals surface area (Å²) < 4.78 is 19.8. The smallest absolute Gasteiger partial charge is 0.264 e. The SMILES string of the molecule is O=C1NC(=Nc2ccc(F)cc2)S/C1=C/c1cc(Cl)c(OCc2ccc(Br)cc2)c(Cl)c1. The van der Waals surface area contributed by atoms with Crippen molar-refractivity contribution in [1.82, 2.24) is 5.32 Å². The molecule has 0 atom stereocenters. The van der Waals surface area contributed by atoms with Crippen molar-refractivity contribution in [3.63, 3.8) is 0 Å². The van der Waals surface area contributed by atoms with E-state index in [0.717, 1.165) is 10.0 Å². The van der Waals surface area contributed by atoms with E-state index in [2.05, 4.69) is 26.2 Å². The van der Waals surface area contributed by atoms with E-state index in [0.29, 0.717) is 43.7 Å². The van der Waals surface area contributed by atoms with Gasteiger partial charge in [0.05, 0.1) is 20.6 Å². The van der Waals surface area contributed by atoms with E-state index in [1.165, 1.54) is 36.0 Å². The second kappa shape index (κ2) is 10.1. The molecule has 0 unspecified atom stereocenters. The third-order valence-corrected chi connectivity index (χ3v) is 6.32. The highest BCUT2D eigenvalue weighted by molar-refractivity contribution is 9.10. The quantitative estimate of drug-likeness (QED) is 0.337. The Labute approximate surface area is 206 Å². The van der Waals surface area contributed by atoms with Gasteiger partial charge in [0, 0.05) is 4.47 Å². The summed E-state index contributed by atoms with van der Waals surface area (Å²) in [7, 11) is 0. The van der Waals surface area contributed by atoms with Crippen LogP contribution in [0.4, 0.5) is 10.1 Å². The van der Waals surface area contributed by atoms with Crippen molar-refractivity contribution in [3.8, 4) is 5.75 Å². The van der Waals surface area contributed by atoms with Crippen LogP contribution in [-0.2, 0) is 11.4 Å². The molecule has 0 saturated carbocycles. The zero-order valence-electron chi connectivity index (χ0n) is 16.2. The van der Waals surface area contributed by atoms with Crippen molar-refractivity contribution in [1.29, 1.82) is 0 Å². The van der Waals surface area contributed by atoms with E-state index in [4.69, 9.17) is 27.9 Å². The van der Waals surface area contributed by atoms with Gasteiger partial charge < -0.3 is 10.1 Å². The predicted molar refractivity (Wildman–Crippen MR) is 132 cm³/mol. The number of ether oxygens (including phenoxy) is 1. The molecule has 32 heavy (non-hydrogen) atoms. The van der Waals surface area contributed by atoms with Gasteiger partial charge >= 0.3 is 0 Å². The van der Waals surface area contributed by atoms with Crippen LogP contribution in [0.5, 0.6) is 5.75 Å². The largest absolute Gasteiger partial charge is 0.486 e. The molecular formula is C23H14BrCl2FN2O2S. The first kappa shape index (κ1) is 22.9. The van der Waals surface area contributed by atoms with E-state index in [-0.39, 0.29) is 11.7 Å². The van der Waals surface area contributed by atoms with Crippen molar-refractivity contribution >= 4 is 73.7 Å². The molecule has 9 heteroatoms. The summed E-state index contributed by atoms with van der Waals surface area (Å²) in [6, 6.07) is 16.8. The Morgan fingerprint density at radius 1 is 1.06 bits per heavy atom. The Morgan fingerprint density at radius 3 is 2.38 bits per heavy atom. The molecule has 0 bridgehead atoms. The molecule has 1 fully saturated rings. The third kappa shape index (κ3) is 5.72. The fourth-order valence-corrected chi connectivity index (χ4v) is 4.52. The normalized spacial score (nSPS) is 15.9. The highest BCUT2D eigenvalue weighted by atomic mass is 79.9. The van der Waals surface area contributed by atoms with Crippen molar-refractivity contribution < 1.29 is 13.9 Å². The lowest BCUT2D eigenvalue weighted by Crippen LogP contribution is -2.19. The summed E-state index contributed by atoms with van der Waals surface area (Å²) in [5.41, 5.74) is 2.16. The van der Waals surface area contributed by atoms with Gasteiger partial charge in [-0.15, -0.1) is 0 Å². The van der Waals surface area contributed by atoms with E-state index in [1.807, 2.05) is 24.3 Å². The second-order valence-corrected chi connectivity index (χ2v) is 9.45. The van der Waals surface area contributed by atoms with Crippen molar-refractivity contribution in [2.45, 2.75) is 6.61 Å². The van der Waals surface area contributed by atoms with Gasteiger partial charge in [-0.05, 0) is 77.5 Å².